The molecule has 0 aliphatic heterocycles. The molecule has 1 amide bonds. The Morgan fingerprint density at radius 3 is 2.79 bits per heavy atom. The van der Waals surface area contributed by atoms with E-state index in [1.54, 1.807) is 11.1 Å². The van der Waals surface area contributed by atoms with Gasteiger partial charge in [0.2, 0.25) is 0 Å². The minimum atomic E-state index is 0.0133. The van der Waals surface area contributed by atoms with Crippen LogP contribution in [0, 0.1) is 0 Å². The first-order valence-corrected chi connectivity index (χ1v) is 8.07. The third kappa shape index (κ3) is 3.33. The van der Waals surface area contributed by atoms with Gasteiger partial charge in [-0.05, 0) is 50.8 Å². The molecule has 3 heterocycles. The van der Waals surface area contributed by atoms with Crippen LogP contribution in [0.4, 0.5) is 0 Å². The molecule has 0 radical (unpaired) electrons. The minimum Gasteiger partial charge on any atom is -0.357 e. The number of aromatic nitrogens is 3. The summed E-state index contributed by atoms with van der Waals surface area (Å²) in [5.41, 5.74) is 3.51. The van der Waals surface area contributed by atoms with Crippen LogP contribution in [0.5, 0.6) is 0 Å². The molecule has 2 N–H and O–H groups in total. The van der Waals surface area contributed by atoms with Gasteiger partial charge in [0.05, 0.1) is 0 Å². The summed E-state index contributed by atoms with van der Waals surface area (Å²) in [4.78, 5) is 26.9. The third-order valence-corrected chi connectivity index (χ3v) is 4.13. The maximum Gasteiger partial charge on any atom is 0.270 e. The van der Waals surface area contributed by atoms with Gasteiger partial charge in [-0.15, -0.1) is 0 Å². The van der Waals surface area contributed by atoms with Crippen molar-refractivity contribution < 1.29 is 4.79 Å². The number of amides is 1. The van der Waals surface area contributed by atoms with Crippen LogP contribution in [-0.4, -0.2) is 64.9 Å². The second-order valence-corrected chi connectivity index (χ2v) is 6.28. The highest BCUT2D eigenvalue weighted by molar-refractivity contribution is 5.97. The summed E-state index contributed by atoms with van der Waals surface area (Å²) in [6.45, 7) is 1.71. The first-order valence-electron chi connectivity index (χ1n) is 8.07. The standard InChI is InChI=1S/C18H23N5O/c1-22(2)9-4-10-23(3)18(24)16-11-13(12-21-16)14-5-7-19-17-15(14)6-8-20-17/h5-8,11-12,21H,4,9-10H2,1-3H3,(H,19,20). The molecule has 0 bridgehead atoms. The molecular weight excluding hydrogens is 302 g/mol. The summed E-state index contributed by atoms with van der Waals surface area (Å²) in [6.07, 6.45) is 6.48. The third-order valence-electron chi connectivity index (χ3n) is 4.13. The van der Waals surface area contributed by atoms with E-state index in [1.807, 2.05) is 51.7 Å². The number of hydrogen-bond acceptors (Lipinski definition) is 3. The van der Waals surface area contributed by atoms with Crippen molar-refractivity contribution in [2.24, 2.45) is 0 Å². The SMILES string of the molecule is CN(C)CCCN(C)C(=O)c1cc(-c2ccnc3[nH]ccc23)c[nH]1. The van der Waals surface area contributed by atoms with E-state index in [-0.39, 0.29) is 5.91 Å². The Balaban J connectivity index is 1.75. The molecule has 24 heavy (non-hydrogen) atoms. The molecule has 0 spiro atoms. The van der Waals surface area contributed by atoms with Crippen LogP contribution in [0.3, 0.4) is 0 Å². The average Bonchev–Trinajstić information content (AvgIpc) is 3.22. The molecule has 126 valence electrons. The topological polar surface area (TPSA) is 68.0 Å². The van der Waals surface area contributed by atoms with Gasteiger partial charge in [-0.2, -0.15) is 0 Å². The van der Waals surface area contributed by atoms with E-state index in [2.05, 4.69) is 19.9 Å². The fourth-order valence-corrected chi connectivity index (χ4v) is 2.82. The van der Waals surface area contributed by atoms with E-state index in [4.69, 9.17) is 0 Å². The summed E-state index contributed by atoms with van der Waals surface area (Å²) in [7, 11) is 5.92. The number of nitrogens with zero attached hydrogens (tertiary/aromatic N) is 3. The number of nitrogens with one attached hydrogen (secondary N) is 2. The zero-order valence-electron chi connectivity index (χ0n) is 14.3. The van der Waals surface area contributed by atoms with Crippen molar-refractivity contribution in [2.75, 3.05) is 34.2 Å². The van der Waals surface area contributed by atoms with Gasteiger partial charge in [0.25, 0.3) is 5.91 Å². The smallest absolute Gasteiger partial charge is 0.270 e. The van der Waals surface area contributed by atoms with Crippen molar-refractivity contribution in [1.29, 1.82) is 0 Å². The normalized spacial score (nSPS) is 11.3. The Kier molecular flexibility index (Phi) is 4.66. The second kappa shape index (κ2) is 6.88. The number of H-pyrrole nitrogens is 2. The van der Waals surface area contributed by atoms with Gasteiger partial charge in [-0.25, -0.2) is 4.98 Å². The van der Waals surface area contributed by atoms with Crippen LogP contribution in [-0.2, 0) is 0 Å². The maximum atomic E-state index is 12.5. The zero-order valence-corrected chi connectivity index (χ0v) is 14.3. The Bertz CT molecular complexity index is 833. The van der Waals surface area contributed by atoms with Gasteiger partial charge in [0, 0.05) is 43.1 Å². The number of carbonyl (C=O) groups is 1. The van der Waals surface area contributed by atoms with Crippen LogP contribution in [0.2, 0.25) is 0 Å². The molecule has 0 aromatic carbocycles. The Labute approximate surface area is 141 Å². The molecule has 0 saturated heterocycles. The zero-order chi connectivity index (χ0) is 17.1. The van der Waals surface area contributed by atoms with E-state index >= 15 is 0 Å². The molecule has 6 heteroatoms. The van der Waals surface area contributed by atoms with E-state index in [0.29, 0.717) is 5.69 Å². The van der Waals surface area contributed by atoms with E-state index in [9.17, 15) is 4.79 Å². The predicted octanol–water partition coefficient (Wildman–Crippen LogP) is 2.58. The highest BCUT2D eigenvalue weighted by atomic mass is 16.2. The quantitative estimate of drug-likeness (QED) is 0.732. The summed E-state index contributed by atoms with van der Waals surface area (Å²) in [5, 5.41) is 1.05. The largest absolute Gasteiger partial charge is 0.357 e. The molecular formula is C18H23N5O. The highest BCUT2D eigenvalue weighted by Crippen LogP contribution is 2.27. The lowest BCUT2D eigenvalue weighted by Crippen LogP contribution is -2.29. The molecule has 3 rings (SSSR count). The van der Waals surface area contributed by atoms with Gasteiger partial charge in [0.1, 0.15) is 11.3 Å². The molecule has 6 nitrogen and oxygen atoms in total. The van der Waals surface area contributed by atoms with Gasteiger partial charge in [-0.1, -0.05) is 0 Å². The monoisotopic (exact) mass is 325 g/mol. The summed E-state index contributed by atoms with van der Waals surface area (Å²) >= 11 is 0. The van der Waals surface area contributed by atoms with E-state index in [1.165, 1.54) is 0 Å². The van der Waals surface area contributed by atoms with Crippen LogP contribution >= 0.6 is 0 Å². The fourth-order valence-electron chi connectivity index (χ4n) is 2.82. The Morgan fingerprint density at radius 1 is 1.17 bits per heavy atom. The summed E-state index contributed by atoms with van der Waals surface area (Å²) in [5.74, 6) is 0.0133. The minimum absolute atomic E-state index is 0.0133. The van der Waals surface area contributed by atoms with Crippen LogP contribution in [0.15, 0.2) is 36.8 Å². The summed E-state index contributed by atoms with van der Waals surface area (Å²) < 4.78 is 0. The maximum absolute atomic E-state index is 12.5. The number of rotatable bonds is 6. The average molecular weight is 325 g/mol. The van der Waals surface area contributed by atoms with Crippen molar-refractivity contribution in [1.82, 2.24) is 24.8 Å². The van der Waals surface area contributed by atoms with Crippen LogP contribution in [0.25, 0.3) is 22.2 Å². The lowest BCUT2D eigenvalue weighted by molar-refractivity contribution is 0.0785. The molecule has 0 aliphatic carbocycles. The molecule has 0 fully saturated rings. The molecule has 0 aliphatic rings. The van der Waals surface area contributed by atoms with Crippen LogP contribution < -0.4 is 0 Å². The molecule has 0 atom stereocenters. The number of fused-ring (bicyclic) bond motifs is 1. The molecule has 3 aromatic rings. The van der Waals surface area contributed by atoms with Gasteiger partial charge >= 0.3 is 0 Å². The van der Waals surface area contributed by atoms with Crippen molar-refractivity contribution in [3.63, 3.8) is 0 Å². The second-order valence-electron chi connectivity index (χ2n) is 6.28. The van der Waals surface area contributed by atoms with Crippen molar-refractivity contribution in [2.45, 2.75) is 6.42 Å². The number of hydrogen-bond donors (Lipinski definition) is 2. The number of carbonyl (C=O) groups excluding carboxylic acids is 1. The molecule has 3 aromatic heterocycles. The Hall–Kier alpha value is -2.60. The predicted molar refractivity (Wildman–Crippen MR) is 96.0 cm³/mol. The van der Waals surface area contributed by atoms with Gasteiger partial charge in [-0.3, -0.25) is 4.79 Å². The lowest BCUT2D eigenvalue weighted by atomic mass is 10.1. The first kappa shape index (κ1) is 16.3. The Morgan fingerprint density at radius 2 is 2.00 bits per heavy atom. The number of aromatic amines is 2. The molecule has 0 saturated carbocycles. The van der Waals surface area contributed by atoms with Crippen molar-refractivity contribution >= 4 is 16.9 Å². The lowest BCUT2D eigenvalue weighted by Gasteiger charge is -2.17. The summed E-state index contributed by atoms with van der Waals surface area (Å²) in [6, 6.07) is 5.88. The van der Waals surface area contributed by atoms with Crippen molar-refractivity contribution in [3.05, 3.63) is 42.5 Å². The van der Waals surface area contributed by atoms with Crippen LogP contribution in [0.1, 0.15) is 16.9 Å². The van der Waals surface area contributed by atoms with Gasteiger partial charge in [0.15, 0.2) is 0 Å². The fraction of sp³-hybridized carbons (Fsp3) is 0.333. The number of pyridine rings is 1. The molecule has 0 unspecified atom stereocenters. The van der Waals surface area contributed by atoms with Gasteiger partial charge < -0.3 is 19.8 Å². The first-order chi connectivity index (χ1) is 11.6. The highest BCUT2D eigenvalue weighted by Gasteiger charge is 2.15. The van der Waals surface area contributed by atoms with E-state index in [0.717, 1.165) is 41.7 Å². The van der Waals surface area contributed by atoms with E-state index < -0.39 is 0 Å². The van der Waals surface area contributed by atoms with Crippen molar-refractivity contribution in [3.8, 4) is 11.1 Å².